The predicted octanol–water partition coefficient (Wildman–Crippen LogP) is 1.44. The maximum Gasteiger partial charge on any atom is 0.289 e. The first kappa shape index (κ1) is 15.7. The van der Waals surface area contributed by atoms with Crippen molar-refractivity contribution in [1.29, 1.82) is 0 Å². The van der Waals surface area contributed by atoms with Crippen LogP contribution in [0, 0.1) is 10.1 Å². The highest BCUT2D eigenvalue weighted by atomic mass is 32.2. The number of anilines is 1. The Bertz CT molecular complexity index is 643. The van der Waals surface area contributed by atoms with Crippen LogP contribution in [-0.2, 0) is 10.0 Å². The second kappa shape index (κ2) is 5.96. The number of nitrogen functional groups attached to an aromatic ring is 1. The molecule has 3 N–H and O–H groups in total. The summed E-state index contributed by atoms with van der Waals surface area (Å²) in [6, 6.07) is 3.68. The van der Waals surface area contributed by atoms with Crippen LogP contribution < -0.4 is 11.3 Å². The summed E-state index contributed by atoms with van der Waals surface area (Å²) in [7, 11) is -3.91. The minimum Gasteiger partial charge on any atom is -0.324 e. The van der Waals surface area contributed by atoms with E-state index in [0.717, 1.165) is 18.9 Å². The van der Waals surface area contributed by atoms with E-state index in [1.165, 1.54) is 16.4 Å². The van der Waals surface area contributed by atoms with Gasteiger partial charge < -0.3 is 5.43 Å². The van der Waals surface area contributed by atoms with Gasteiger partial charge >= 0.3 is 0 Å². The molecule has 1 aromatic carbocycles. The monoisotopic (exact) mass is 314 g/mol. The third-order valence-electron chi connectivity index (χ3n) is 3.31. The number of hydrogen-bond acceptors (Lipinski definition) is 6. The Labute approximate surface area is 123 Å². The van der Waals surface area contributed by atoms with Gasteiger partial charge in [0.1, 0.15) is 0 Å². The number of nitrogens with zero attached hydrogens (tertiary/aromatic N) is 2. The molecule has 0 amide bonds. The quantitative estimate of drug-likeness (QED) is 0.446. The van der Waals surface area contributed by atoms with E-state index in [-0.39, 0.29) is 10.9 Å². The Morgan fingerprint density at radius 3 is 2.62 bits per heavy atom. The van der Waals surface area contributed by atoms with Gasteiger partial charge in [0.05, 0.1) is 10.6 Å². The van der Waals surface area contributed by atoms with Crippen LogP contribution in [0.15, 0.2) is 23.1 Å². The highest BCUT2D eigenvalue weighted by Gasteiger charge is 2.40. The van der Waals surface area contributed by atoms with Crippen LogP contribution in [-0.4, -0.2) is 30.2 Å². The van der Waals surface area contributed by atoms with Gasteiger partial charge in [0, 0.05) is 18.7 Å². The van der Waals surface area contributed by atoms with Crippen molar-refractivity contribution in [2.45, 2.75) is 37.1 Å². The summed E-state index contributed by atoms with van der Waals surface area (Å²) in [5, 5.41) is 11.1. The highest BCUT2D eigenvalue weighted by molar-refractivity contribution is 7.89. The van der Waals surface area contributed by atoms with Gasteiger partial charge in [0.2, 0.25) is 10.0 Å². The summed E-state index contributed by atoms with van der Waals surface area (Å²) in [6.07, 6.45) is 2.24. The van der Waals surface area contributed by atoms with Crippen molar-refractivity contribution in [3.05, 3.63) is 28.3 Å². The zero-order valence-corrected chi connectivity index (χ0v) is 12.5. The molecule has 0 aliphatic heterocycles. The van der Waals surface area contributed by atoms with Crippen molar-refractivity contribution < 1.29 is 13.3 Å². The largest absolute Gasteiger partial charge is 0.324 e. The standard InChI is InChI=1S/C12H18N4O4S/c1-2-7-15(10-4-5-10)21(19,20)12-8-9(14-13)3-6-11(12)16(17)18/h3,6,8,10,14H,2,4-5,7,13H2,1H3. The molecule has 1 aliphatic rings. The Kier molecular flexibility index (Phi) is 4.45. The Hall–Kier alpha value is -1.71. The van der Waals surface area contributed by atoms with Crippen LogP contribution in [0.25, 0.3) is 0 Å². The fourth-order valence-electron chi connectivity index (χ4n) is 2.17. The van der Waals surface area contributed by atoms with Crippen molar-refractivity contribution in [3.8, 4) is 0 Å². The lowest BCUT2D eigenvalue weighted by Gasteiger charge is -2.21. The number of benzene rings is 1. The molecule has 0 saturated heterocycles. The van der Waals surface area contributed by atoms with Gasteiger partial charge in [0.25, 0.3) is 5.69 Å². The molecule has 0 spiro atoms. The minimum absolute atomic E-state index is 0.0518. The molecule has 9 heteroatoms. The van der Waals surface area contributed by atoms with E-state index in [4.69, 9.17) is 5.84 Å². The van der Waals surface area contributed by atoms with Crippen molar-refractivity contribution in [2.24, 2.45) is 5.84 Å². The first-order valence-electron chi connectivity index (χ1n) is 6.68. The van der Waals surface area contributed by atoms with E-state index in [9.17, 15) is 18.5 Å². The molecule has 0 bridgehead atoms. The average Bonchev–Trinajstić information content (AvgIpc) is 3.28. The summed E-state index contributed by atoms with van der Waals surface area (Å²) in [4.78, 5) is 10.1. The first-order chi connectivity index (χ1) is 9.91. The first-order valence-corrected chi connectivity index (χ1v) is 8.12. The third-order valence-corrected chi connectivity index (χ3v) is 5.29. The maximum absolute atomic E-state index is 12.8. The summed E-state index contributed by atoms with van der Waals surface area (Å²) in [5.41, 5.74) is 2.19. The average molecular weight is 314 g/mol. The van der Waals surface area contributed by atoms with Gasteiger partial charge in [-0.15, -0.1) is 0 Å². The van der Waals surface area contributed by atoms with E-state index in [0.29, 0.717) is 18.7 Å². The van der Waals surface area contributed by atoms with Crippen LogP contribution in [0.1, 0.15) is 26.2 Å². The van der Waals surface area contributed by atoms with Crippen LogP contribution in [0.2, 0.25) is 0 Å². The lowest BCUT2D eigenvalue weighted by atomic mass is 10.3. The number of nitrogens with one attached hydrogen (secondary N) is 1. The summed E-state index contributed by atoms with van der Waals surface area (Å²) >= 11 is 0. The molecule has 21 heavy (non-hydrogen) atoms. The third kappa shape index (κ3) is 3.14. The minimum atomic E-state index is -3.91. The number of nitro benzene ring substituents is 1. The zero-order valence-electron chi connectivity index (χ0n) is 11.7. The van der Waals surface area contributed by atoms with Gasteiger partial charge in [-0.25, -0.2) is 8.42 Å². The Morgan fingerprint density at radius 1 is 1.48 bits per heavy atom. The SMILES string of the molecule is CCCN(C1CC1)S(=O)(=O)c1cc(NN)ccc1[N+](=O)[O-]. The molecule has 116 valence electrons. The van der Waals surface area contributed by atoms with E-state index in [2.05, 4.69) is 5.43 Å². The Morgan fingerprint density at radius 2 is 2.14 bits per heavy atom. The van der Waals surface area contributed by atoms with Crippen molar-refractivity contribution in [3.63, 3.8) is 0 Å². The zero-order chi connectivity index (χ0) is 15.6. The number of nitro groups is 1. The molecule has 0 radical (unpaired) electrons. The van der Waals surface area contributed by atoms with Crippen LogP contribution >= 0.6 is 0 Å². The number of rotatable bonds is 7. The lowest BCUT2D eigenvalue weighted by Crippen LogP contribution is -2.34. The summed E-state index contributed by atoms with van der Waals surface area (Å²) in [6.45, 7) is 2.22. The van der Waals surface area contributed by atoms with Gasteiger partial charge in [-0.1, -0.05) is 6.92 Å². The van der Waals surface area contributed by atoms with Crippen molar-refractivity contribution >= 4 is 21.4 Å². The normalized spacial score (nSPS) is 15.2. The van der Waals surface area contributed by atoms with E-state index in [1.54, 1.807) is 0 Å². The topological polar surface area (TPSA) is 119 Å². The summed E-state index contributed by atoms with van der Waals surface area (Å²) < 4.78 is 26.9. The second-order valence-corrected chi connectivity index (χ2v) is 6.79. The lowest BCUT2D eigenvalue weighted by molar-refractivity contribution is -0.387. The van der Waals surface area contributed by atoms with E-state index < -0.39 is 20.6 Å². The van der Waals surface area contributed by atoms with Gasteiger partial charge in [-0.3, -0.25) is 16.0 Å². The van der Waals surface area contributed by atoms with Crippen molar-refractivity contribution in [1.82, 2.24) is 4.31 Å². The highest BCUT2D eigenvalue weighted by Crippen LogP contribution is 2.36. The molecule has 0 atom stereocenters. The smallest absolute Gasteiger partial charge is 0.289 e. The van der Waals surface area contributed by atoms with E-state index in [1.807, 2.05) is 6.92 Å². The fourth-order valence-corrected chi connectivity index (χ4v) is 4.13. The second-order valence-electron chi connectivity index (χ2n) is 4.93. The molecular formula is C12H18N4O4S. The molecule has 1 saturated carbocycles. The molecule has 1 aliphatic carbocycles. The number of nitrogens with two attached hydrogens (primary N) is 1. The number of hydrazine groups is 1. The van der Waals surface area contributed by atoms with E-state index >= 15 is 0 Å². The molecule has 2 rings (SSSR count). The van der Waals surface area contributed by atoms with Gasteiger partial charge in [-0.2, -0.15) is 4.31 Å². The van der Waals surface area contributed by atoms with Crippen LogP contribution in [0.5, 0.6) is 0 Å². The molecule has 1 aromatic rings. The van der Waals surface area contributed by atoms with Crippen LogP contribution in [0.3, 0.4) is 0 Å². The molecular weight excluding hydrogens is 296 g/mol. The number of sulfonamides is 1. The van der Waals surface area contributed by atoms with Crippen LogP contribution in [0.4, 0.5) is 11.4 Å². The number of hydrogen-bond donors (Lipinski definition) is 2. The predicted molar refractivity (Wildman–Crippen MR) is 78.1 cm³/mol. The molecule has 0 unspecified atom stereocenters. The maximum atomic E-state index is 12.8. The molecule has 0 aromatic heterocycles. The molecule has 0 heterocycles. The van der Waals surface area contributed by atoms with Crippen molar-refractivity contribution in [2.75, 3.05) is 12.0 Å². The Balaban J connectivity index is 2.53. The fraction of sp³-hybridized carbons (Fsp3) is 0.500. The molecule has 1 fully saturated rings. The van der Waals surface area contributed by atoms with Gasteiger partial charge in [0.15, 0.2) is 4.90 Å². The van der Waals surface area contributed by atoms with Gasteiger partial charge in [-0.05, 0) is 31.4 Å². The summed E-state index contributed by atoms with van der Waals surface area (Å²) in [5.74, 6) is 5.27. The molecule has 8 nitrogen and oxygen atoms in total.